The molecule has 5 nitrogen and oxygen atoms in total. The minimum Gasteiger partial charge on any atom is -0.298 e. The number of halogens is 2. The van der Waals surface area contributed by atoms with Crippen molar-refractivity contribution in [2.24, 2.45) is 0 Å². The summed E-state index contributed by atoms with van der Waals surface area (Å²) in [5, 5.41) is 1.22. The number of hydrogen-bond acceptors (Lipinski definition) is 4. The first kappa shape index (κ1) is 12.1. The predicted octanol–water partition coefficient (Wildman–Crippen LogP) is 2.93. The number of rotatable bonds is 2. The van der Waals surface area contributed by atoms with E-state index in [1.54, 1.807) is 29.4 Å². The summed E-state index contributed by atoms with van der Waals surface area (Å²) in [6.07, 6.45) is 8.41. The molecule has 0 aromatic carbocycles. The summed E-state index contributed by atoms with van der Waals surface area (Å²) in [5.74, 6) is 0.571. The van der Waals surface area contributed by atoms with E-state index >= 15 is 0 Å². The van der Waals surface area contributed by atoms with Crippen molar-refractivity contribution in [3.63, 3.8) is 0 Å². The van der Waals surface area contributed by atoms with Gasteiger partial charge in [-0.15, -0.1) is 0 Å². The van der Waals surface area contributed by atoms with Gasteiger partial charge in [0.25, 0.3) is 0 Å². The van der Waals surface area contributed by atoms with E-state index in [0.29, 0.717) is 33.7 Å². The van der Waals surface area contributed by atoms with Crippen molar-refractivity contribution in [1.29, 1.82) is 0 Å². The monoisotopic (exact) mass is 292 g/mol. The second-order valence-corrected chi connectivity index (χ2v) is 4.54. The SMILES string of the molecule is O=Cc1cnc2c(c(Cl)cn2-c2cnccn2)c1Cl. The van der Waals surface area contributed by atoms with Crippen LogP contribution in [0.25, 0.3) is 16.9 Å². The summed E-state index contributed by atoms with van der Waals surface area (Å²) in [6, 6.07) is 0. The highest BCUT2D eigenvalue weighted by molar-refractivity contribution is 6.43. The molecule has 0 aliphatic carbocycles. The van der Waals surface area contributed by atoms with Crippen LogP contribution in [0.3, 0.4) is 0 Å². The molecular formula is C12H6Cl2N4O. The van der Waals surface area contributed by atoms with Gasteiger partial charge in [0.1, 0.15) is 5.65 Å². The third-order valence-corrected chi connectivity index (χ3v) is 3.35. The molecule has 0 N–H and O–H groups in total. The number of pyridine rings is 1. The van der Waals surface area contributed by atoms with Crippen molar-refractivity contribution < 1.29 is 4.79 Å². The summed E-state index contributed by atoms with van der Waals surface area (Å²) in [4.78, 5) is 23.2. The molecule has 3 aromatic rings. The van der Waals surface area contributed by atoms with Crippen LogP contribution < -0.4 is 0 Å². The minimum atomic E-state index is 0.285. The van der Waals surface area contributed by atoms with E-state index < -0.39 is 0 Å². The van der Waals surface area contributed by atoms with Crippen molar-refractivity contribution in [3.05, 3.63) is 46.6 Å². The normalized spacial score (nSPS) is 10.8. The van der Waals surface area contributed by atoms with Gasteiger partial charge < -0.3 is 0 Å². The van der Waals surface area contributed by atoms with Crippen LogP contribution in [0.1, 0.15) is 10.4 Å². The molecule has 0 saturated carbocycles. The van der Waals surface area contributed by atoms with E-state index in [0.717, 1.165) is 0 Å². The van der Waals surface area contributed by atoms with Crippen LogP contribution in [0.4, 0.5) is 0 Å². The molecule has 94 valence electrons. The fourth-order valence-electron chi connectivity index (χ4n) is 1.80. The van der Waals surface area contributed by atoms with Gasteiger partial charge in [-0.3, -0.25) is 14.3 Å². The minimum absolute atomic E-state index is 0.285. The zero-order valence-corrected chi connectivity index (χ0v) is 10.9. The number of carbonyl (C=O) groups excluding carboxylic acids is 1. The van der Waals surface area contributed by atoms with Crippen molar-refractivity contribution in [2.75, 3.05) is 0 Å². The molecule has 0 spiro atoms. The summed E-state index contributed by atoms with van der Waals surface area (Å²) < 4.78 is 1.67. The largest absolute Gasteiger partial charge is 0.298 e. The third kappa shape index (κ3) is 1.87. The number of aldehydes is 1. The molecule has 3 rings (SSSR count). The molecule has 0 atom stereocenters. The Morgan fingerprint density at radius 1 is 1.16 bits per heavy atom. The van der Waals surface area contributed by atoms with Gasteiger partial charge >= 0.3 is 0 Å². The average Bonchev–Trinajstić information content (AvgIpc) is 2.78. The number of aromatic nitrogens is 4. The standard InChI is InChI=1S/C12H6Cl2N4O/c13-8-5-18(9-4-15-1-2-16-9)12-10(8)11(14)7(6-19)3-17-12/h1-6H. The Bertz CT molecular complexity index is 770. The average molecular weight is 293 g/mol. The van der Waals surface area contributed by atoms with Crippen LogP contribution in [0.5, 0.6) is 0 Å². The summed E-state index contributed by atoms with van der Waals surface area (Å²) in [7, 11) is 0. The summed E-state index contributed by atoms with van der Waals surface area (Å²) in [6.45, 7) is 0. The first-order valence-corrected chi connectivity index (χ1v) is 6.04. The van der Waals surface area contributed by atoms with E-state index in [2.05, 4.69) is 15.0 Å². The Kier molecular flexibility index (Phi) is 2.93. The molecule has 0 aliphatic rings. The molecule has 0 fully saturated rings. The van der Waals surface area contributed by atoms with E-state index in [4.69, 9.17) is 23.2 Å². The van der Waals surface area contributed by atoms with E-state index in [-0.39, 0.29) is 5.02 Å². The first-order valence-electron chi connectivity index (χ1n) is 5.29. The van der Waals surface area contributed by atoms with Gasteiger partial charge in [-0.1, -0.05) is 23.2 Å². The van der Waals surface area contributed by atoms with Gasteiger partial charge in [-0.05, 0) is 0 Å². The zero-order valence-electron chi connectivity index (χ0n) is 9.42. The number of nitrogens with zero attached hydrogens (tertiary/aromatic N) is 4. The third-order valence-electron chi connectivity index (χ3n) is 2.66. The molecule has 0 amide bonds. The fraction of sp³-hybridized carbons (Fsp3) is 0. The van der Waals surface area contributed by atoms with Crippen LogP contribution in [-0.2, 0) is 0 Å². The van der Waals surface area contributed by atoms with Crippen molar-refractivity contribution in [3.8, 4) is 5.82 Å². The van der Waals surface area contributed by atoms with Gasteiger partial charge in [0, 0.05) is 24.8 Å². The van der Waals surface area contributed by atoms with Crippen LogP contribution in [0.15, 0.2) is 31.0 Å². The van der Waals surface area contributed by atoms with Gasteiger partial charge in [0.05, 0.1) is 27.2 Å². The lowest BCUT2D eigenvalue weighted by atomic mass is 10.2. The maximum absolute atomic E-state index is 10.9. The number of fused-ring (bicyclic) bond motifs is 1. The predicted molar refractivity (Wildman–Crippen MR) is 72.1 cm³/mol. The maximum Gasteiger partial charge on any atom is 0.156 e. The van der Waals surface area contributed by atoms with E-state index in [9.17, 15) is 4.79 Å². The Morgan fingerprint density at radius 2 is 2.00 bits per heavy atom. The second-order valence-electron chi connectivity index (χ2n) is 3.75. The van der Waals surface area contributed by atoms with Crippen LogP contribution in [0.2, 0.25) is 10.0 Å². The first-order chi connectivity index (χ1) is 9.22. The number of hydrogen-bond donors (Lipinski definition) is 0. The second kappa shape index (κ2) is 4.60. The molecule has 19 heavy (non-hydrogen) atoms. The maximum atomic E-state index is 10.9. The Hall–Kier alpha value is -1.98. The molecule has 0 radical (unpaired) electrons. The summed E-state index contributed by atoms with van der Waals surface area (Å²) >= 11 is 12.3. The van der Waals surface area contributed by atoms with Crippen LogP contribution in [0, 0.1) is 0 Å². The van der Waals surface area contributed by atoms with Crippen molar-refractivity contribution in [1.82, 2.24) is 19.5 Å². The van der Waals surface area contributed by atoms with Crippen molar-refractivity contribution in [2.45, 2.75) is 0 Å². The fourth-order valence-corrected chi connectivity index (χ4v) is 2.40. The molecule has 3 aromatic heterocycles. The summed E-state index contributed by atoms with van der Waals surface area (Å²) in [5.41, 5.74) is 0.828. The molecule has 7 heteroatoms. The van der Waals surface area contributed by atoms with Gasteiger partial charge in [0.15, 0.2) is 12.1 Å². The quantitative estimate of drug-likeness (QED) is 0.681. The topological polar surface area (TPSA) is 60.7 Å². The Labute approximate surface area is 117 Å². The lowest BCUT2D eigenvalue weighted by Crippen LogP contribution is -1.98. The van der Waals surface area contributed by atoms with Crippen LogP contribution in [-0.4, -0.2) is 25.8 Å². The van der Waals surface area contributed by atoms with Gasteiger partial charge in [-0.25, -0.2) is 9.97 Å². The molecule has 0 bridgehead atoms. The van der Waals surface area contributed by atoms with E-state index in [1.165, 1.54) is 6.20 Å². The highest BCUT2D eigenvalue weighted by Gasteiger charge is 2.16. The Morgan fingerprint density at radius 3 is 2.68 bits per heavy atom. The molecule has 0 aliphatic heterocycles. The molecule has 3 heterocycles. The number of carbonyl (C=O) groups is 1. The molecular weight excluding hydrogens is 287 g/mol. The van der Waals surface area contributed by atoms with Crippen molar-refractivity contribution >= 4 is 40.5 Å². The van der Waals surface area contributed by atoms with Crippen LogP contribution >= 0.6 is 23.2 Å². The van der Waals surface area contributed by atoms with Gasteiger partial charge in [0.2, 0.25) is 0 Å². The van der Waals surface area contributed by atoms with Gasteiger partial charge in [-0.2, -0.15) is 0 Å². The highest BCUT2D eigenvalue weighted by atomic mass is 35.5. The lowest BCUT2D eigenvalue weighted by molar-refractivity contribution is 0.112. The molecule has 0 unspecified atom stereocenters. The lowest BCUT2D eigenvalue weighted by Gasteiger charge is -2.03. The Balaban J connectivity index is 2.35. The zero-order chi connectivity index (χ0) is 13.4. The highest BCUT2D eigenvalue weighted by Crippen LogP contribution is 2.33. The van der Waals surface area contributed by atoms with E-state index in [1.807, 2.05) is 0 Å². The smallest absolute Gasteiger partial charge is 0.156 e. The molecule has 0 saturated heterocycles.